The van der Waals surface area contributed by atoms with Crippen LogP contribution in [0.3, 0.4) is 0 Å². The van der Waals surface area contributed by atoms with E-state index in [0.717, 1.165) is 34.1 Å². The van der Waals surface area contributed by atoms with Crippen LogP contribution < -0.4 is 19.5 Å². The van der Waals surface area contributed by atoms with Gasteiger partial charge in [0.2, 0.25) is 5.95 Å². The Morgan fingerprint density at radius 3 is 2.37 bits per heavy atom. The van der Waals surface area contributed by atoms with E-state index in [-0.39, 0.29) is 6.04 Å². The summed E-state index contributed by atoms with van der Waals surface area (Å²) in [4.78, 5) is 4.34. The molecule has 0 saturated heterocycles. The maximum Gasteiger partial charge on any atom is 0.226 e. The number of rotatable bonds is 5. The van der Waals surface area contributed by atoms with E-state index in [0.29, 0.717) is 5.95 Å². The van der Waals surface area contributed by atoms with E-state index in [2.05, 4.69) is 21.5 Å². The molecule has 0 bridgehead atoms. The average molecular weight is 364 g/mol. The van der Waals surface area contributed by atoms with Crippen molar-refractivity contribution in [2.45, 2.75) is 6.04 Å². The zero-order chi connectivity index (χ0) is 18.8. The maximum absolute atomic E-state index is 5.56. The first-order chi connectivity index (χ1) is 13.2. The van der Waals surface area contributed by atoms with Crippen molar-refractivity contribution in [2.24, 2.45) is 0 Å². The first-order valence-corrected chi connectivity index (χ1v) is 8.48. The number of benzene rings is 2. The summed E-state index contributed by atoms with van der Waals surface area (Å²) >= 11 is 0. The quantitative estimate of drug-likeness (QED) is 0.749. The Bertz CT molecular complexity index is 979. The van der Waals surface area contributed by atoms with E-state index in [1.165, 1.54) is 0 Å². The number of nitrogens with zero attached hydrogens (tertiary/aromatic N) is 3. The Morgan fingerprint density at radius 1 is 0.926 bits per heavy atom. The SMILES string of the molecule is COc1ccc([C@@H]2C=C(c3ccc(OC)cc3OC)Nc3ncnn32)cc1. The van der Waals surface area contributed by atoms with Crippen LogP contribution in [-0.4, -0.2) is 36.1 Å². The van der Waals surface area contributed by atoms with Crippen LogP contribution in [0.25, 0.3) is 5.70 Å². The van der Waals surface area contributed by atoms with Crippen molar-refractivity contribution < 1.29 is 14.2 Å². The molecular weight excluding hydrogens is 344 g/mol. The third-order valence-electron chi connectivity index (χ3n) is 4.56. The van der Waals surface area contributed by atoms with Crippen LogP contribution >= 0.6 is 0 Å². The summed E-state index contributed by atoms with van der Waals surface area (Å²) < 4.78 is 18.0. The van der Waals surface area contributed by atoms with Crippen molar-refractivity contribution in [1.82, 2.24) is 14.8 Å². The van der Waals surface area contributed by atoms with Gasteiger partial charge >= 0.3 is 0 Å². The Morgan fingerprint density at radius 2 is 1.67 bits per heavy atom. The molecule has 1 aliphatic heterocycles. The first kappa shape index (κ1) is 17.0. The van der Waals surface area contributed by atoms with Crippen molar-refractivity contribution in [3.05, 3.63) is 66.0 Å². The van der Waals surface area contributed by atoms with Crippen LogP contribution in [0, 0.1) is 0 Å². The molecule has 0 unspecified atom stereocenters. The number of anilines is 1. The fourth-order valence-electron chi connectivity index (χ4n) is 3.15. The van der Waals surface area contributed by atoms with Gasteiger partial charge in [0.1, 0.15) is 29.6 Å². The molecule has 0 spiro atoms. The molecule has 0 radical (unpaired) electrons. The van der Waals surface area contributed by atoms with Crippen molar-refractivity contribution >= 4 is 11.6 Å². The molecule has 0 amide bonds. The Kier molecular flexibility index (Phi) is 4.42. The van der Waals surface area contributed by atoms with Gasteiger partial charge in [-0.3, -0.25) is 0 Å². The number of ether oxygens (including phenoxy) is 3. The smallest absolute Gasteiger partial charge is 0.226 e. The number of hydrogen-bond acceptors (Lipinski definition) is 6. The van der Waals surface area contributed by atoms with E-state index in [1.807, 2.05) is 47.1 Å². The summed E-state index contributed by atoms with van der Waals surface area (Å²) in [6, 6.07) is 13.6. The third-order valence-corrected chi connectivity index (χ3v) is 4.56. The maximum atomic E-state index is 5.56. The highest BCUT2D eigenvalue weighted by Crippen LogP contribution is 2.36. The van der Waals surface area contributed by atoms with Crippen LogP contribution in [-0.2, 0) is 0 Å². The van der Waals surface area contributed by atoms with Gasteiger partial charge in [-0.25, -0.2) is 4.68 Å². The summed E-state index contributed by atoms with van der Waals surface area (Å²) in [7, 11) is 4.93. The monoisotopic (exact) mass is 364 g/mol. The minimum atomic E-state index is -0.100. The summed E-state index contributed by atoms with van der Waals surface area (Å²) in [5.41, 5.74) is 2.90. The predicted octanol–water partition coefficient (Wildman–Crippen LogP) is 3.36. The second-order valence-electron chi connectivity index (χ2n) is 6.02. The molecule has 0 fully saturated rings. The lowest BCUT2D eigenvalue weighted by Gasteiger charge is -2.25. The van der Waals surface area contributed by atoms with E-state index in [9.17, 15) is 0 Å². The molecule has 1 aromatic heterocycles. The fourth-order valence-corrected chi connectivity index (χ4v) is 3.15. The molecule has 2 aromatic carbocycles. The molecule has 27 heavy (non-hydrogen) atoms. The van der Waals surface area contributed by atoms with Crippen LogP contribution in [0.1, 0.15) is 17.2 Å². The Balaban J connectivity index is 1.79. The van der Waals surface area contributed by atoms with E-state index in [4.69, 9.17) is 14.2 Å². The molecule has 4 rings (SSSR count). The molecule has 1 N–H and O–H groups in total. The second kappa shape index (κ2) is 7.03. The minimum absolute atomic E-state index is 0.100. The number of fused-ring (bicyclic) bond motifs is 1. The average Bonchev–Trinajstić information content (AvgIpc) is 3.21. The fraction of sp³-hybridized carbons (Fsp3) is 0.200. The highest BCUT2D eigenvalue weighted by atomic mass is 16.5. The Labute approximate surface area is 157 Å². The van der Waals surface area contributed by atoms with Crippen molar-refractivity contribution in [3.63, 3.8) is 0 Å². The predicted molar refractivity (Wildman–Crippen MR) is 102 cm³/mol. The Hall–Kier alpha value is -3.48. The molecule has 7 nitrogen and oxygen atoms in total. The van der Waals surface area contributed by atoms with Gasteiger partial charge in [-0.15, -0.1) is 0 Å². The van der Waals surface area contributed by atoms with Gasteiger partial charge in [-0.2, -0.15) is 10.1 Å². The molecule has 1 aliphatic rings. The largest absolute Gasteiger partial charge is 0.497 e. The van der Waals surface area contributed by atoms with Gasteiger partial charge in [-0.1, -0.05) is 12.1 Å². The number of methoxy groups -OCH3 is 3. The normalized spacial score (nSPS) is 15.4. The van der Waals surface area contributed by atoms with Gasteiger partial charge in [-0.05, 0) is 35.9 Å². The van der Waals surface area contributed by atoms with Crippen LogP contribution in [0.2, 0.25) is 0 Å². The lowest BCUT2D eigenvalue weighted by atomic mass is 10.0. The van der Waals surface area contributed by atoms with Gasteiger partial charge in [0, 0.05) is 11.6 Å². The summed E-state index contributed by atoms with van der Waals surface area (Å²) in [6.45, 7) is 0. The number of aromatic nitrogens is 3. The summed E-state index contributed by atoms with van der Waals surface area (Å²) in [5, 5.41) is 7.70. The summed E-state index contributed by atoms with van der Waals surface area (Å²) in [6.07, 6.45) is 3.65. The lowest BCUT2D eigenvalue weighted by Crippen LogP contribution is -2.20. The van der Waals surface area contributed by atoms with Crippen molar-refractivity contribution in [2.75, 3.05) is 26.6 Å². The number of nitrogens with one attached hydrogen (secondary N) is 1. The van der Waals surface area contributed by atoms with Crippen molar-refractivity contribution in [1.29, 1.82) is 0 Å². The zero-order valence-corrected chi connectivity index (χ0v) is 15.3. The standard InChI is InChI=1S/C20H20N4O3/c1-25-14-6-4-13(5-7-14)18-11-17(23-20-21-12-22-24(18)20)16-9-8-15(26-2)10-19(16)27-3/h4-12,18H,1-3H3,(H,21,22,23)/t18-/m0/s1. The van der Waals surface area contributed by atoms with Crippen molar-refractivity contribution in [3.8, 4) is 17.2 Å². The molecule has 7 heteroatoms. The molecule has 138 valence electrons. The van der Waals surface area contributed by atoms with Gasteiger partial charge < -0.3 is 19.5 Å². The molecule has 0 saturated carbocycles. The molecule has 0 aliphatic carbocycles. The second-order valence-corrected chi connectivity index (χ2v) is 6.02. The summed E-state index contributed by atoms with van der Waals surface area (Å²) in [5.74, 6) is 2.94. The zero-order valence-electron chi connectivity index (χ0n) is 15.3. The molecule has 2 heterocycles. The highest BCUT2D eigenvalue weighted by Gasteiger charge is 2.25. The highest BCUT2D eigenvalue weighted by molar-refractivity contribution is 5.80. The molecule has 1 atom stereocenters. The van der Waals surface area contributed by atoms with Gasteiger partial charge in [0.05, 0.1) is 27.0 Å². The number of hydrogen-bond donors (Lipinski definition) is 1. The van der Waals surface area contributed by atoms with Crippen LogP contribution in [0.5, 0.6) is 17.2 Å². The topological polar surface area (TPSA) is 70.4 Å². The van der Waals surface area contributed by atoms with Crippen LogP contribution in [0.15, 0.2) is 54.9 Å². The number of allylic oxidation sites excluding steroid dienone is 1. The van der Waals surface area contributed by atoms with Gasteiger partial charge in [0.25, 0.3) is 0 Å². The first-order valence-electron chi connectivity index (χ1n) is 8.48. The lowest BCUT2D eigenvalue weighted by molar-refractivity contribution is 0.393. The molecule has 3 aromatic rings. The third kappa shape index (κ3) is 3.08. The minimum Gasteiger partial charge on any atom is -0.497 e. The van der Waals surface area contributed by atoms with E-state index >= 15 is 0 Å². The van der Waals surface area contributed by atoms with E-state index < -0.39 is 0 Å². The van der Waals surface area contributed by atoms with E-state index in [1.54, 1.807) is 27.7 Å². The van der Waals surface area contributed by atoms with Gasteiger partial charge in [0.15, 0.2) is 0 Å². The molecular formula is C20H20N4O3. The van der Waals surface area contributed by atoms with Crippen LogP contribution in [0.4, 0.5) is 5.95 Å².